The first-order valence-electron chi connectivity index (χ1n) is 7.01. The summed E-state index contributed by atoms with van der Waals surface area (Å²) in [6.07, 6.45) is 0. The number of nitrogens with zero attached hydrogens (tertiary/aromatic N) is 1. The lowest BCUT2D eigenvalue weighted by molar-refractivity contribution is 0.187. The van der Waals surface area contributed by atoms with E-state index < -0.39 is 0 Å². The largest absolute Gasteiger partial charge is 0.460 e. The second-order valence-corrected chi connectivity index (χ2v) is 6.28. The Bertz CT molecular complexity index is 564. The van der Waals surface area contributed by atoms with Crippen molar-refractivity contribution in [3.8, 4) is 11.3 Å². The fraction of sp³-hybridized carbons (Fsp3) is 0.375. The Balaban J connectivity index is 1.69. The summed E-state index contributed by atoms with van der Waals surface area (Å²) in [6, 6.07) is 12.9. The SMILES string of the molecule is C[C@H]1CN(Cc2ccc(-c3ccc(Br)cc3)o2)CCN1. The molecule has 0 bridgehead atoms. The molecule has 3 rings (SSSR count). The molecule has 20 heavy (non-hydrogen) atoms. The van der Waals surface area contributed by atoms with Crippen LogP contribution in [0.1, 0.15) is 12.7 Å². The minimum atomic E-state index is 0.560. The van der Waals surface area contributed by atoms with Crippen LogP contribution in [0.15, 0.2) is 45.3 Å². The van der Waals surface area contributed by atoms with Crippen LogP contribution in [0.5, 0.6) is 0 Å². The Kier molecular flexibility index (Phi) is 4.24. The summed E-state index contributed by atoms with van der Waals surface area (Å²) in [5, 5.41) is 3.46. The van der Waals surface area contributed by atoms with Crippen molar-refractivity contribution in [1.82, 2.24) is 10.2 Å². The molecule has 0 saturated carbocycles. The minimum Gasteiger partial charge on any atom is -0.460 e. The molecule has 0 unspecified atom stereocenters. The molecule has 3 nitrogen and oxygen atoms in total. The highest BCUT2D eigenvalue weighted by Crippen LogP contribution is 2.24. The van der Waals surface area contributed by atoms with Crippen LogP contribution in [0, 0.1) is 0 Å². The van der Waals surface area contributed by atoms with E-state index in [4.69, 9.17) is 4.42 Å². The lowest BCUT2D eigenvalue weighted by Crippen LogP contribution is -2.48. The van der Waals surface area contributed by atoms with Gasteiger partial charge in [0.2, 0.25) is 0 Å². The van der Waals surface area contributed by atoms with Crippen molar-refractivity contribution in [2.24, 2.45) is 0 Å². The van der Waals surface area contributed by atoms with E-state index in [1.165, 1.54) is 0 Å². The minimum absolute atomic E-state index is 0.560. The highest BCUT2D eigenvalue weighted by Gasteiger charge is 2.17. The van der Waals surface area contributed by atoms with Crippen molar-refractivity contribution in [2.45, 2.75) is 19.5 Å². The molecule has 1 aromatic heterocycles. The molecule has 2 heterocycles. The van der Waals surface area contributed by atoms with Crippen LogP contribution < -0.4 is 5.32 Å². The van der Waals surface area contributed by atoms with Crippen LogP contribution in [0.3, 0.4) is 0 Å². The molecular weight excluding hydrogens is 316 g/mol. The van der Waals surface area contributed by atoms with Gasteiger partial charge in [-0.3, -0.25) is 4.90 Å². The monoisotopic (exact) mass is 334 g/mol. The summed E-state index contributed by atoms with van der Waals surface area (Å²) in [7, 11) is 0. The summed E-state index contributed by atoms with van der Waals surface area (Å²) in [5.74, 6) is 1.98. The Morgan fingerprint density at radius 3 is 2.80 bits per heavy atom. The first-order valence-corrected chi connectivity index (χ1v) is 7.80. The van der Waals surface area contributed by atoms with E-state index in [0.717, 1.165) is 47.7 Å². The number of hydrogen-bond donors (Lipinski definition) is 1. The van der Waals surface area contributed by atoms with Crippen molar-refractivity contribution >= 4 is 15.9 Å². The van der Waals surface area contributed by atoms with Gasteiger partial charge in [0.1, 0.15) is 11.5 Å². The molecule has 2 aromatic rings. The number of furan rings is 1. The molecule has 0 amide bonds. The van der Waals surface area contributed by atoms with Crippen LogP contribution in [0.4, 0.5) is 0 Å². The fourth-order valence-electron chi connectivity index (χ4n) is 2.61. The van der Waals surface area contributed by atoms with E-state index in [2.05, 4.69) is 57.3 Å². The van der Waals surface area contributed by atoms with Crippen LogP contribution in [-0.2, 0) is 6.54 Å². The Hall–Kier alpha value is -1.10. The number of hydrogen-bond acceptors (Lipinski definition) is 3. The van der Waals surface area contributed by atoms with Gasteiger partial charge in [-0.15, -0.1) is 0 Å². The van der Waals surface area contributed by atoms with Crippen LogP contribution >= 0.6 is 15.9 Å². The van der Waals surface area contributed by atoms with Crippen molar-refractivity contribution in [1.29, 1.82) is 0 Å². The zero-order valence-corrected chi connectivity index (χ0v) is 13.2. The molecule has 1 fully saturated rings. The van der Waals surface area contributed by atoms with E-state index in [1.807, 2.05) is 12.1 Å². The zero-order chi connectivity index (χ0) is 13.9. The molecule has 1 aliphatic heterocycles. The quantitative estimate of drug-likeness (QED) is 0.931. The molecule has 1 N–H and O–H groups in total. The molecule has 4 heteroatoms. The molecule has 0 aliphatic carbocycles. The van der Waals surface area contributed by atoms with Gasteiger partial charge in [0.25, 0.3) is 0 Å². The average Bonchev–Trinajstić information content (AvgIpc) is 2.88. The molecule has 1 atom stereocenters. The average molecular weight is 335 g/mol. The van der Waals surface area contributed by atoms with Crippen molar-refractivity contribution in [3.63, 3.8) is 0 Å². The Labute approximate surface area is 128 Å². The fourth-order valence-corrected chi connectivity index (χ4v) is 2.87. The number of benzene rings is 1. The highest BCUT2D eigenvalue weighted by molar-refractivity contribution is 9.10. The van der Waals surface area contributed by atoms with Crippen LogP contribution in [0.2, 0.25) is 0 Å². The van der Waals surface area contributed by atoms with Crippen molar-refractivity contribution < 1.29 is 4.42 Å². The summed E-state index contributed by atoms with van der Waals surface area (Å²) in [6.45, 7) is 6.33. The van der Waals surface area contributed by atoms with Gasteiger partial charge in [0.05, 0.1) is 6.54 Å². The summed E-state index contributed by atoms with van der Waals surface area (Å²) >= 11 is 3.45. The maximum absolute atomic E-state index is 5.97. The molecule has 1 saturated heterocycles. The predicted molar refractivity (Wildman–Crippen MR) is 84.6 cm³/mol. The molecule has 1 aromatic carbocycles. The Morgan fingerprint density at radius 2 is 2.05 bits per heavy atom. The van der Waals surface area contributed by atoms with Crippen LogP contribution in [0.25, 0.3) is 11.3 Å². The first kappa shape index (κ1) is 13.9. The van der Waals surface area contributed by atoms with Crippen molar-refractivity contribution in [3.05, 3.63) is 46.6 Å². The van der Waals surface area contributed by atoms with E-state index in [9.17, 15) is 0 Å². The van der Waals surface area contributed by atoms with Crippen molar-refractivity contribution in [2.75, 3.05) is 19.6 Å². The first-order chi connectivity index (χ1) is 9.70. The van der Waals surface area contributed by atoms with E-state index >= 15 is 0 Å². The standard InChI is InChI=1S/C16H19BrN2O/c1-12-10-19(9-8-18-12)11-15-6-7-16(20-15)13-2-4-14(17)5-3-13/h2-7,12,18H,8-11H2,1H3/t12-/m0/s1. The smallest absolute Gasteiger partial charge is 0.134 e. The van der Waals surface area contributed by atoms with Gasteiger partial charge in [0.15, 0.2) is 0 Å². The molecular formula is C16H19BrN2O. The third kappa shape index (κ3) is 3.32. The zero-order valence-electron chi connectivity index (χ0n) is 11.6. The third-order valence-corrected chi connectivity index (χ3v) is 4.15. The number of halogens is 1. The van der Waals surface area contributed by atoms with E-state index in [-0.39, 0.29) is 0 Å². The third-order valence-electron chi connectivity index (χ3n) is 3.62. The lowest BCUT2D eigenvalue weighted by atomic mass is 10.2. The molecule has 0 radical (unpaired) electrons. The topological polar surface area (TPSA) is 28.4 Å². The van der Waals surface area contributed by atoms with Gasteiger partial charge >= 0.3 is 0 Å². The highest BCUT2D eigenvalue weighted by atomic mass is 79.9. The number of piperazine rings is 1. The van der Waals surface area contributed by atoms with E-state index in [1.54, 1.807) is 0 Å². The molecule has 0 spiro atoms. The Morgan fingerprint density at radius 1 is 1.25 bits per heavy atom. The summed E-state index contributed by atoms with van der Waals surface area (Å²) in [5.41, 5.74) is 1.12. The second kappa shape index (κ2) is 6.12. The van der Waals surface area contributed by atoms with Gasteiger partial charge in [-0.1, -0.05) is 28.1 Å². The van der Waals surface area contributed by atoms with E-state index in [0.29, 0.717) is 6.04 Å². The number of rotatable bonds is 3. The summed E-state index contributed by atoms with van der Waals surface area (Å²) < 4.78 is 7.06. The maximum Gasteiger partial charge on any atom is 0.134 e. The molecule has 1 aliphatic rings. The lowest BCUT2D eigenvalue weighted by Gasteiger charge is -2.31. The molecule has 106 valence electrons. The normalized spacial score (nSPS) is 20.2. The maximum atomic E-state index is 5.97. The second-order valence-electron chi connectivity index (χ2n) is 5.36. The predicted octanol–water partition coefficient (Wildman–Crippen LogP) is 3.50. The van der Waals surface area contributed by atoms with Gasteiger partial charge in [0, 0.05) is 35.7 Å². The van der Waals surface area contributed by atoms with Crippen LogP contribution in [-0.4, -0.2) is 30.6 Å². The van der Waals surface area contributed by atoms with Gasteiger partial charge in [-0.25, -0.2) is 0 Å². The summed E-state index contributed by atoms with van der Waals surface area (Å²) in [4.78, 5) is 2.44. The number of nitrogens with one attached hydrogen (secondary N) is 1. The van der Waals surface area contributed by atoms with Gasteiger partial charge in [-0.05, 0) is 31.2 Å². The van der Waals surface area contributed by atoms with Gasteiger partial charge < -0.3 is 9.73 Å². The van der Waals surface area contributed by atoms with Gasteiger partial charge in [-0.2, -0.15) is 0 Å².